The molecule has 1 aromatic carbocycles. The molecule has 0 radical (unpaired) electrons. The zero-order valence-corrected chi connectivity index (χ0v) is 16.8. The standard InChI is InChI=1S/C18H30FN3O3S/c1-14(2)12-18(3,13-20)21-17(23)6-5-11-22(4)26(24,25)16-9-7-15(19)8-10-16/h7-10,14H,5-6,11-13,20H2,1-4H3,(H,21,23). The first-order chi connectivity index (χ1) is 12.0. The van der Waals surface area contributed by atoms with Crippen molar-refractivity contribution in [2.45, 2.75) is 50.5 Å². The zero-order valence-electron chi connectivity index (χ0n) is 16.0. The molecule has 1 unspecified atom stereocenters. The average Bonchev–Trinajstić information content (AvgIpc) is 2.54. The van der Waals surface area contributed by atoms with Crippen molar-refractivity contribution in [3.05, 3.63) is 30.1 Å². The first kappa shape index (κ1) is 22.5. The van der Waals surface area contributed by atoms with Crippen molar-refractivity contribution in [2.24, 2.45) is 11.7 Å². The van der Waals surface area contributed by atoms with Crippen molar-refractivity contribution >= 4 is 15.9 Å². The number of hydrogen-bond acceptors (Lipinski definition) is 4. The lowest BCUT2D eigenvalue weighted by atomic mass is 9.90. The largest absolute Gasteiger partial charge is 0.350 e. The molecule has 3 N–H and O–H groups in total. The molecule has 0 aliphatic heterocycles. The van der Waals surface area contributed by atoms with Crippen LogP contribution in [-0.4, -0.2) is 44.3 Å². The van der Waals surface area contributed by atoms with Gasteiger partial charge in [-0.25, -0.2) is 17.1 Å². The highest BCUT2D eigenvalue weighted by Gasteiger charge is 2.26. The third-order valence-electron chi connectivity index (χ3n) is 4.15. The summed E-state index contributed by atoms with van der Waals surface area (Å²) in [7, 11) is -2.25. The fourth-order valence-corrected chi connectivity index (χ4v) is 4.06. The van der Waals surface area contributed by atoms with Gasteiger partial charge in [-0.3, -0.25) is 4.79 Å². The van der Waals surface area contributed by atoms with Gasteiger partial charge in [0.05, 0.1) is 4.90 Å². The van der Waals surface area contributed by atoms with Crippen LogP contribution in [0.5, 0.6) is 0 Å². The molecule has 0 fully saturated rings. The van der Waals surface area contributed by atoms with Crippen LogP contribution in [-0.2, 0) is 14.8 Å². The average molecular weight is 388 g/mol. The Labute approximate surface area is 156 Å². The third-order valence-corrected chi connectivity index (χ3v) is 6.02. The number of nitrogens with one attached hydrogen (secondary N) is 1. The maximum Gasteiger partial charge on any atom is 0.242 e. The molecule has 1 atom stereocenters. The summed E-state index contributed by atoms with van der Waals surface area (Å²) in [6, 6.07) is 4.67. The molecule has 0 spiro atoms. The van der Waals surface area contributed by atoms with Crippen molar-refractivity contribution in [3.8, 4) is 0 Å². The van der Waals surface area contributed by atoms with Gasteiger partial charge in [0.25, 0.3) is 0 Å². The molecular formula is C18H30FN3O3S. The van der Waals surface area contributed by atoms with Crippen LogP contribution >= 0.6 is 0 Å². The number of carbonyl (C=O) groups is 1. The van der Waals surface area contributed by atoms with Crippen LogP contribution in [0.15, 0.2) is 29.2 Å². The van der Waals surface area contributed by atoms with Gasteiger partial charge >= 0.3 is 0 Å². The molecule has 1 rings (SSSR count). The van der Waals surface area contributed by atoms with E-state index in [1.54, 1.807) is 0 Å². The Kier molecular flexibility index (Phi) is 8.17. The minimum atomic E-state index is -3.69. The van der Waals surface area contributed by atoms with Gasteiger partial charge in [-0.15, -0.1) is 0 Å². The van der Waals surface area contributed by atoms with Crippen LogP contribution in [0.1, 0.15) is 40.0 Å². The van der Waals surface area contributed by atoms with Gasteiger partial charge in [-0.1, -0.05) is 13.8 Å². The van der Waals surface area contributed by atoms with Crippen LogP contribution in [0.4, 0.5) is 4.39 Å². The van der Waals surface area contributed by atoms with E-state index in [9.17, 15) is 17.6 Å². The summed E-state index contributed by atoms with van der Waals surface area (Å²) < 4.78 is 38.9. The molecule has 8 heteroatoms. The van der Waals surface area contributed by atoms with Crippen LogP contribution in [0.2, 0.25) is 0 Å². The maximum atomic E-state index is 12.9. The van der Waals surface area contributed by atoms with Crippen molar-refractivity contribution in [2.75, 3.05) is 20.1 Å². The molecule has 0 saturated carbocycles. The van der Waals surface area contributed by atoms with Gasteiger partial charge in [0, 0.05) is 32.1 Å². The molecule has 0 saturated heterocycles. The summed E-state index contributed by atoms with van der Waals surface area (Å²) in [4.78, 5) is 12.2. The van der Waals surface area contributed by atoms with Crippen molar-refractivity contribution in [1.29, 1.82) is 0 Å². The monoisotopic (exact) mass is 387 g/mol. The number of nitrogens with zero attached hydrogens (tertiary/aromatic N) is 1. The second-order valence-corrected chi connectivity index (χ2v) is 9.34. The summed E-state index contributed by atoms with van der Waals surface area (Å²) in [5, 5.41) is 2.95. The number of sulfonamides is 1. The molecule has 0 bridgehead atoms. The van der Waals surface area contributed by atoms with Gasteiger partial charge < -0.3 is 11.1 Å². The fourth-order valence-electron chi connectivity index (χ4n) is 2.85. The lowest BCUT2D eigenvalue weighted by molar-refractivity contribution is -0.123. The van der Waals surface area contributed by atoms with E-state index < -0.39 is 21.4 Å². The Morgan fingerprint density at radius 1 is 1.31 bits per heavy atom. The summed E-state index contributed by atoms with van der Waals surface area (Å²) in [6.07, 6.45) is 1.36. The Bertz CT molecular complexity index is 692. The Morgan fingerprint density at radius 3 is 2.38 bits per heavy atom. The van der Waals surface area contributed by atoms with Crippen molar-refractivity contribution in [1.82, 2.24) is 9.62 Å². The smallest absolute Gasteiger partial charge is 0.242 e. The summed E-state index contributed by atoms with van der Waals surface area (Å²) in [6.45, 7) is 6.58. The van der Waals surface area contributed by atoms with Crippen molar-refractivity contribution < 1.29 is 17.6 Å². The van der Waals surface area contributed by atoms with Crippen LogP contribution in [0, 0.1) is 11.7 Å². The molecule has 0 aromatic heterocycles. The predicted molar refractivity (Wildman–Crippen MR) is 101 cm³/mol. The van der Waals surface area contributed by atoms with E-state index in [1.807, 2.05) is 6.92 Å². The van der Waals surface area contributed by atoms with Gasteiger partial charge in [0.15, 0.2) is 0 Å². The second-order valence-electron chi connectivity index (χ2n) is 7.29. The van der Waals surface area contributed by atoms with Crippen LogP contribution in [0.25, 0.3) is 0 Å². The number of nitrogens with two attached hydrogens (primary N) is 1. The normalized spacial score (nSPS) is 14.5. The topological polar surface area (TPSA) is 92.5 Å². The number of rotatable bonds is 10. The lowest BCUT2D eigenvalue weighted by Crippen LogP contribution is -2.52. The van der Waals surface area contributed by atoms with E-state index in [4.69, 9.17) is 5.73 Å². The highest BCUT2D eigenvalue weighted by Crippen LogP contribution is 2.17. The van der Waals surface area contributed by atoms with Crippen LogP contribution < -0.4 is 11.1 Å². The molecule has 26 heavy (non-hydrogen) atoms. The lowest BCUT2D eigenvalue weighted by Gasteiger charge is -2.31. The van der Waals surface area contributed by atoms with E-state index in [0.717, 1.165) is 18.6 Å². The van der Waals surface area contributed by atoms with E-state index >= 15 is 0 Å². The Hall–Kier alpha value is -1.51. The quantitative estimate of drug-likeness (QED) is 0.643. The van der Waals surface area contributed by atoms with Gasteiger partial charge in [0.2, 0.25) is 15.9 Å². The minimum Gasteiger partial charge on any atom is -0.350 e. The van der Waals surface area contributed by atoms with E-state index in [-0.39, 0.29) is 23.8 Å². The molecular weight excluding hydrogens is 357 g/mol. The number of amides is 1. The number of hydrogen-bond donors (Lipinski definition) is 2. The van der Waals surface area contributed by atoms with Crippen LogP contribution in [0.3, 0.4) is 0 Å². The van der Waals surface area contributed by atoms with Crippen molar-refractivity contribution in [3.63, 3.8) is 0 Å². The third kappa shape index (κ3) is 6.66. The second kappa shape index (κ2) is 9.43. The first-order valence-electron chi connectivity index (χ1n) is 8.73. The number of benzene rings is 1. The fraction of sp³-hybridized carbons (Fsp3) is 0.611. The molecule has 1 aromatic rings. The van der Waals surface area contributed by atoms with Gasteiger partial charge in [0.1, 0.15) is 5.82 Å². The molecule has 0 heterocycles. The highest BCUT2D eigenvalue weighted by molar-refractivity contribution is 7.89. The van der Waals surface area contributed by atoms with Gasteiger partial charge in [-0.05, 0) is 49.9 Å². The molecule has 1 amide bonds. The van der Waals surface area contributed by atoms with E-state index in [2.05, 4.69) is 19.2 Å². The maximum absolute atomic E-state index is 12.9. The Balaban J connectivity index is 2.56. The zero-order chi connectivity index (χ0) is 20.0. The first-order valence-corrected chi connectivity index (χ1v) is 10.2. The minimum absolute atomic E-state index is 0.0264. The molecule has 0 aliphatic rings. The Morgan fingerprint density at radius 2 is 1.88 bits per heavy atom. The molecule has 148 valence electrons. The number of halogens is 1. The summed E-state index contributed by atoms with van der Waals surface area (Å²) in [5.74, 6) is -0.241. The number of carbonyl (C=O) groups excluding carboxylic acids is 1. The predicted octanol–water partition coefficient (Wildman–Crippen LogP) is 2.11. The molecule has 0 aliphatic carbocycles. The molecule has 6 nitrogen and oxygen atoms in total. The summed E-state index contributed by atoms with van der Waals surface area (Å²) >= 11 is 0. The van der Waals surface area contributed by atoms with E-state index in [1.165, 1.54) is 23.5 Å². The van der Waals surface area contributed by atoms with Gasteiger partial charge in [-0.2, -0.15) is 0 Å². The highest BCUT2D eigenvalue weighted by atomic mass is 32.2. The SMILES string of the molecule is CC(C)CC(C)(CN)NC(=O)CCCN(C)S(=O)(=O)c1ccc(F)cc1. The van der Waals surface area contributed by atoms with E-state index in [0.29, 0.717) is 18.9 Å². The summed E-state index contributed by atoms with van der Waals surface area (Å²) in [5.41, 5.74) is 5.32.